The summed E-state index contributed by atoms with van der Waals surface area (Å²) < 4.78 is 31.7. The maximum absolute atomic E-state index is 13.5. The minimum absolute atomic E-state index is 0.0519. The molecule has 1 aromatic carbocycles. The molecule has 0 aliphatic rings. The van der Waals surface area contributed by atoms with Crippen molar-refractivity contribution in [2.45, 2.75) is 6.61 Å². The van der Waals surface area contributed by atoms with Crippen molar-refractivity contribution < 1.29 is 18.3 Å². The minimum atomic E-state index is -0.776. The zero-order valence-electron chi connectivity index (χ0n) is 12.6. The van der Waals surface area contributed by atoms with E-state index >= 15 is 0 Å². The summed E-state index contributed by atoms with van der Waals surface area (Å²) in [6.07, 6.45) is 1.43. The number of halogens is 3. The number of pyridine rings is 1. The van der Waals surface area contributed by atoms with Crippen LogP contribution in [0.1, 0.15) is 15.2 Å². The molecule has 0 unspecified atom stereocenters. The number of nitrogens with zero attached hydrogens (tertiary/aromatic N) is 1. The number of hydrogen-bond acceptors (Lipinski definition) is 4. The first kappa shape index (κ1) is 17.3. The monoisotopic (exact) mass is 380 g/mol. The first-order valence-corrected chi connectivity index (χ1v) is 8.35. The van der Waals surface area contributed by atoms with Gasteiger partial charge in [-0.15, -0.1) is 11.3 Å². The van der Waals surface area contributed by atoms with Crippen LogP contribution in [0.3, 0.4) is 0 Å². The largest absolute Gasteiger partial charge is 0.486 e. The first-order chi connectivity index (χ1) is 12.0. The van der Waals surface area contributed by atoms with Crippen molar-refractivity contribution in [1.29, 1.82) is 0 Å². The van der Waals surface area contributed by atoms with Crippen LogP contribution in [0.5, 0.6) is 5.75 Å². The van der Waals surface area contributed by atoms with Gasteiger partial charge in [-0.05, 0) is 35.7 Å². The van der Waals surface area contributed by atoms with Gasteiger partial charge in [0, 0.05) is 17.8 Å². The number of carbonyl (C=O) groups excluding carboxylic acids is 1. The highest BCUT2D eigenvalue weighted by molar-refractivity contribution is 7.12. The Labute approximate surface area is 151 Å². The fraction of sp³-hybridized carbons (Fsp3) is 0.0588. The van der Waals surface area contributed by atoms with Gasteiger partial charge in [0.25, 0.3) is 5.91 Å². The van der Waals surface area contributed by atoms with E-state index in [2.05, 4.69) is 10.3 Å². The second-order valence-electron chi connectivity index (χ2n) is 5.00. The molecule has 0 fully saturated rings. The van der Waals surface area contributed by atoms with Crippen molar-refractivity contribution >= 4 is 34.7 Å². The Morgan fingerprint density at radius 1 is 1.24 bits per heavy atom. The molecule has 2 aromatic heterocycles. The summed E-state index contributed by atoms with van der Waals surface area (Å²) in [6, 6.07) is 7.93. The Kier molecular flexibility index (Phi) is 5.25. The molecular formula is C17H11ClF2N2O2S. The lowest BCUT2D eigenvalue weighted by atomic mass is 10.3. The third-order valence-corrected chi connectivity index (χ3v) is 4.34. The van der Waals surface area contributed by atoms with Gasteiger partial charge in [-0.25, -0.2) is 13.8 Å². The summed E-state index contributed by atoms with van der Waals surface area (Å²) in [5, 5.41) is 4.85. The van der Waals surface area contributed by atoms with Crippen LogP contribution in [0.2, 0.25) is 5.02 Å². The molecule has 8 heteroatoms. The van der Waals surface area contributed by atoms with E-state index in [4.69, 9.17) is 16.3 Å². The number of nitrogens with one attached hydrogen (secondary N) is 1. The first-order valence-electron chi connectivity index (χ1n) is 7.09. The maximum atomic E-state index is 13.5. The molecule has 0 radical (unpaired) electrons. The highest BCUT2D eigenvalue weighted by Crippen LogP contribution is 2.22. The van der Waals surface area contributed by atoms with Crippen molar-refractivity contribution in [3.63, 3.8) is 0 Å². The van der Waals surface area contributed by atoms with Gasteiger partial charge in [0.15, 0.2) is 11.6 Å². The van der Waals surface area contributed by atoms with Gasteiger partial charge in [0.2, 0.25) is 0 Å². The van der Waals surface area contributed by atoms with E-state index in [-0.39, 0.29) is 18.3 Å². The normalized spacial score (nSPS) is 10.5. The summed E-state index contributed by atoms with van der Waals surface area (Å²) in [7, 11) is 0. The average molecular weight is 381 g/mol. The molecule has 128 valence electrons. The van der Waals surface area contributed by atoms with Crippen LogP contribution in [0.4, 0.5) is 14.6 Å². The summed E-state index contributed by atoms with van der Waals surface area (Å²) >= 11 is 6.96. The van der Waals surface area contributed by atoms with Crippen molar-refractivity contribution in [3.05, 3.63) is 75.1 Å². The number of amides is 1. The molecule has 0 saturated carbocycles. The second kappa shape index (κ2) is 7.58. The number of anilines is 1. The van der Waals surface area contributed by atoms with E-state index in [1.165, 1.54) is 23.6 Å². The molecule has 0 bridgehead atoms. The van der Waals surface area contributed by atoms with Crippen LogP contribution in [-0.2, 0) is 6.61 Å². The molecule has 3 aromatic rings. The summed E-state index contributed by atoms with van der Waals surface area (Å²) in [4.78, 5) is 16.6. The van der Waals surface area contributed by atoms with Crippen molar-refractivity contribution in [2.75, 3.05) is 5.32 Å². The quantitative estimate of drug-likeness (QED) is 0.684. The predicted molar refractivity (Wildman–Crippen MR) is 92.2 cm³/mol. The van der Waals surface area contributed by atoms with E-state index in [1.807, 2.05) is 0 Å². The van der Waals surface area contributed by atoms with Crippen LogP contribution in [-0.4, -0.2) is 10.9 Å². The van der Waals surface area contributed by atoms with Crippen LogP contribution >= 0.6 is 22.9 Å². The molecule has 2 heterocycles. The van der Waals surface area contributed by atoms with Crippen LogP contribution in [0.25, 0.3) is 0 Å². The Morgan fingerprint density at radius 2 is 2.08 bits per heavy atom. The Bertz CT molecular complexity index is 900. The van der Waals surface area contributed by atoms with Crippen LogP contribution < -0.4 is 10.1 Å². The van der Waals surface area contributed by atoms with Crippen molar-refractivity contribution in [1.82, 2.24) is 4.98 Å². The highest BCUT2D eigenvalue weighted by Gasteiger charge is 2.11. The number of benzene rings is 1. The van der Waals surface area contributed by atoms with Crippen molar-refractivity contribution in [2.24, 2.45) is 0 Å². The molecule has 4 nitrogen and oxygen atoms in total. The van der Waals surface area contributed by atoms with E-state index in [0.29, 0.717) is 21.3 Å². The van der Waals surface area contributed by atoms with E-state index < -0.39 is 11.6 Å². The third-order valence-electron chi connectivity index (χ3n) is 3.13. The SMILES string of the molecule is O=C(Nc1ccc(Cl)cn1)c1cc(COc2ccc(F)cc2F)cs1. The highest BCUT2D eigenvalue weighted by atomic mass is 35.5. The predicted octanol–water partition coefficient (Wildman–Crippen LogP) is 4.91. The number of hydrogen-bond donors (Lipinski definition) is 1. The lowest BCUT2D eigenvalue weighted by Gasteiger charge is -2.05. The standard InChI is InChI=1S/C17H11ClF2N2O2S/c18-11-1-4-16(21-7-11)22-17(23)15-5-10(9-25-15)8-24-14-3-2-12(19)6-13(14)20/h1-7,9H,8H2,(H,21,22,23). The third kappa shape index (κ3) is 4.52. The Balaban J connectivity index is 1.61. The molecule has 0 saturated heterocycles. The molecule has 25 heavy (non-hydrogen) atoms. The van der Waals surface area contributed by atoms with Gasteiger partial charge in [-0.2, -0.15) is 0 Å². The number of rotatable bonds is 5. The topological polar surface area (TPSA) is 51.2 Å². The van der Waals surface area contributed by atoms with Crippen LogP contribution in [0, 0.1) is 11.6 Å². The van der Waals surface area contributed by atoms with Gasteiger partial charge >= 0.3 is 0 Å². The average Bonchev–Trinajstić information content (AvgIpc) is 3.05. The number of aromatic nitrogens is 1. The van der Waals surface area contributed by atoms with Crippen molar-refractivity contribution in [3.8, 4) is 5.75 Å². The van der Waals surface area contributed by atoms with E-state index in [9.17, 15) is 13.6 Å². The number of thiophene rings is 1. The zero-order valence-corrected chi connectivity index (χ0v) is 14.2. The minimum Gasteiger partial charge on any atom is -0.486 e. The molecular weight excluding hydrogens is 370 g/mol. The summed E-state index contributed by atoms with van der Waals surface area (Å²) in [6.45, 7) is 0.0610. The van der Waals surface area contributed by atoms with E-state index in [1.54, 1.807) is 23.6 Å². The van der Waals surface area contributed by atoms with Gasteiger partial charge < -0.3 is 10.1 Å². The molecule has 0 atom stereocenters. The number of ether oxygens (including phenoxy) is 1. The molecule has 1 amide bonds. The summed E-state index contributed by atoms with van der Waals surface area (Å²) in [5.41, 5.74) is 0.697. The lowest BCUT2D eigenvalue weighted by molar-refractivity contribution is 0.103. The molecule has 0 aliphatic heterocycles. The zero-order chi connectivity index (χ0) is 17.8. The number of carbonyl (C=O) groups is 1. The lowest BCUT2D eigenvalue weighted by Crippen LogP contribution is -2.11. The van der Waals surface area contributed by atoms with E-state index in [0.717, 1.165) is 12.1 Å². The van der Waals surface area contributed by atoms with Gasteiger partial charge in [0.1, 0.15) is 18.2 Å². The Morgan fingerprint density at radius 3 is 2.80 bits per heavy atom. The van der Waals surface area contributed by atoms with Gasteiger partial charge in [-0.1, -0.05) is 11.6 Å². The molecule has 0 aliphatic carbocycles. The maximum Gasteiger partial charge on any atom is 0.266 e. The van der Waals surface area contributed by atoms with Gasteiger partial charge in [-0.3, -0.25) is 4.79 Å². The summed E-state index contributed by atoms with van der Waals surface area (Å²) in [5.74, 6) is -1.44. The van der Waals surface area contributed by atoms with Gasteiger partial charge in [0.05, 0.1) is 9.90 Å². The molecule has 3 rings (SSSR count). The van der Waals surface area contributed by atoms with Crippen LogP contribution in [0.15, 0.2) is 48.0 Å². The second-order valence-corrected chi connectivity index (χ2v) is 6.35. The fourth-order valence-corrected chi connectivity index (χ4v) is 2.86. The smallest absolute Gasteiger partial charge is 0.266 e. The Hall–Kier alpha value is -2.51. The molecule has 1 N–H and O–H groups in total. The fourth-order valence-electron chi connectivity index (χ4n) is 1.95. The molecule has 0 spiro atoms.